The summed E-state index contributed by atoms with van der Waals surface area (Å²) in [6, 6.07) is 3.60. The van der Waals surface area contributed by atoms with Crippen LogP contribution in [0.5, 0.6) is 5.75 Å². The third-order valence-corrected chi connectivity index (χ3v) is 7.33. The molecule has 6 N–H and O–H groups in total. The number of ketones is 2. The molecule has 5 rings (SSSR count). The predicted molar refractivity (Wildman–Crippen MR) is 121 cm³/mol. The highest BCUT2D eigenvalue weighted by atomic mass is 16.3. The van der Waals surface area contributed by atoms with Crippen LogP contribution in [0.3, 0.4) is 0 Å². The number of likely N-dealkylation sites (N-methyl/N-ethyl adjacent to an activating group) is 1. The first-order chi connectivity index (χ1) is 16.5. The number of phenols is 1. The summed E-state index contributed by atoms with van der Waals surface area (Å²) >= 11 is 0. The number of rotatable bonds is 3. The number of aliphatic hydroxyl groups is 3. The van der Waals surface area contributed by atoms with E-state index in [0.29, 0.717) is 11.3 Å². The van der Waals surface area contributed by atoms with Gasteiger partial charge in [-0.15, -0.1) is 0 Å². The molecule has 1 aromatic heterocycles. The van der Waals surface area contributed by atoms with Gasteiger partial charge in [0.05, 0.1) is 17.3 Å². The minimum atomic E-state index is -2.65. The molecule has 1 heterocycles. The number of primary amides is 1. The summed E-state index contributed by atoms with van der Waals surface area (Å²) in [6.07, 6.45) is 3.50. The summed E-state index contributed by atoms with van der Waals surface area (Å²) in [7, 11) is 3.11. The van der Waals surface area contributed by atoms with Crippen LogP contribution in [-0.2, 0) is 20.8 Å². The van der Waals surface area contributed by atoms with E-state index in [0.717, 1.165) is 0 Å². The van der Waals surface area contributed by atoms with Gasteiger partial charge in [-0.05, 0) is 56.6 Å². The fourth-order valence-electron chi connectivity index (χ4n) is 5.85. The monoisotopic (exact) mass is 480 g/mol. The summed E-state index contributed by atoms with van der Waals surface area (Å²) < 4.78 is 1.57. The number of benzene rings is 1. The lowest BCUT2D eigenvalue weighted by atomic mass is 9.57. The number of aromatic nitrogens is 2. The highest BCUT2D eigenvalue weighted by molar-refractivity contribution is 6.24. The fraction of sp³-hybridized carbons (Fsp3) is 0.333. The number of hydrogen-bond donors (Lipinski definition) is 5. The van der Waals surface area contributed by atoms with Crippen LogP contribution >= 0.6 is 0 Å². The van der Waals surface area contributed by atoms with Crippen molar-refractivity contribution in [2.75, 3.05) is 14.1 Å². The molecular weight excluding hydrogens is 456 g/mol. The lowest BCUT2D eigenvalue weighted by molar-refractivity contribution is -0.153. The minimum absolute atomic E-state index is 0.0225. The molecule has 0 aliphatic heterocycles. The molecule has 0 unspecified atom stereocenters. The average Bonchev–Trinajstić information content (AvgIpc) is 3.30. The first-order valence-corrected chi connectivity index (χ1v) is 11.0. The quantitative estimate of drug-likeness (QED) is 0.382. The van der Waals surface area contributed by atoms with Crippen molar-refractivity contribution in [1.82, 2.24) is 14.7 Å². The van der Waals surface area contributed by atoms with Crippen LogP contribution < -0.4 is 5.73 Å². The molecule has 182 valence electrons. The van der Waals surface area contributed by atoms with Crippen molar-refractivity contribution in [2.45, 2.75) is 24.5 Å². The second-order valence-corrected chi connectivity index (χ2v) is 9.37. The Morgan fingerprint density at radius 1 is 1.23 bits per heavy atom. The van der Waals surface area contributed by atoms with Crippen molar-refractivity contribution < 1.29 is 34.8 Å². The minimum Gasteiger partial charge on any atom is -0.508 e. The van der Waals surface area contributed by atoms with Gasteiger partial charge in [0.15, 0.2) is 11.4 Å². The molecule has 4 atom stereocenters. The van der Waals surface area contributed by atoms with E-state index in [-0.39, 0.29) is 29.7 Å². The van der Waals surface area contributed by atoms with Gasteiger partial charge in [0, 0.05) is 23.9 Å². The zero-order chi connectivity index (χ0) is 25.4. The fourth-order valence-corrected chi connectivity index (χ4v) is 5.85. The smallest absolute Gasteiger partial charge is 0.255 e. The third kappa shape index (κ3) is 2.91. The van der Waals surface area contributed by atoms with Crippen LogP contribution in [0.2, 0.25) is 0 Å². The lowest BCUT2D eigenvalue weighted by Crippen LogP contribution is -2.65. The van der Waals surface area contributed by atoms with Gasteiger partial charge in [0.2, 0.25) is 5.78 Å². The van der Waals surface area contributed by atoms with Crippen LogP contribution in [0.25, 0.3) is 11.4 Å². The van der Waals surface area contributed by atoms with Crippen molar-refractivity contribution in [3.8, 4) is 11.4 Å². The summed E-state index contributed by atoms with van der Waals surface area (Å²) in [5.41, 5.74) is 2.79. The van der Waals surface area contributed by atoms with Crippen LogP contribution in [0.4, 0.5) is 0 Å². The number of nitrogens with zero attached hydrogens (tertiary/aromatic N) is 3. The number of phenolic OH excluding ortho intramolecular Hbond substituents is 1. The molecule has 0 radical (unpaired) electrons. The summed E-state index contributed by atoms with van der Waals surface area (Å²) in [4.78, 5) is 40.4. The molecule has 3 aliphatic rings. The van der Waals surface area contributed by atoms with Crippen molar-refractivity contribution in [3.63, 3.8) is 0 Å². The van der Waals surface area contributed by atoms with Gasteiger partial charge in [-0.25, -0.2) is 4.68 Å². The van der Waals surface area contributed by atoms with Gasteiger partial charge in [-0.1, -0.05) is 0 Å². The van der Waals surface area contributed by atoms with E-state index in [1.54, 1.807) is 43.3 Å². The Hall–Kier alpha value is -3.96. The number of aliphatic hydroxyl groups excluding tert-OH is 2. The Morgan fingerprint density at radius 3 is 2.54 bits per heavy atom. The first-order valence-electron chi connectivity index (χ1n) is 11.0. The number of nitrogens with two attached hydrogens (primary N) is 1. The van der Waals surface area contributed by atoms with Crippen molar-refractivity contribution in [3.05, 3.63) is 58.6 Å². The highest BCUT2D eigenvalue weighted by Gasteiger charge is 2.64. The number of fused-ring (bicyclic) bond motifs is 3. The van der Waals surface area contributed by atoms with E-state index in [2.05, 4.69) is 5.10 Å². The second-order valence-electron chi connectivity index (χ2n) is 9.37. The van der Waals surface area contributed by atoms with E-state index in [1.165, 1.54) is 11.0 Å². The molecule has 2 aromatic rings. The molecule has 0 spiro atoms. The molecule has 1 amide bonds. The van der Waals surface area contributed by atoms with E-state index < -0.39 is 58.0 Å². The molecular formula is C24H24N4O7. The Morgan fingerprint density at radius 2 is 1.94 bits per heavy atom. The summed E-state index contributed by atoms with van der Waals surface area (Å²) in [5, 5.41) is 48.4. The Kier molecular flexibility index (Phi) is 4.90. The van der Waals surface area contributed by atoms with Crippen molar-refractivity contribution in [2.24, 2.45) is 17.6 Å². The van der Waals surface area contributed by atoms with Gasteiger partial charge in [-0.2, -0.15) is 5.10 Å². The first kappa shape index (κ1) is 22.8. The molecule has 3 aliphatic carbocycles. The molecule has 1 fully saturated rings. The van der Waals surface area contributed by atoms with E-state index in [9.17, 15) is 34.8 Å². The molecule has 35 heavy (non-hydrogen) atoms. The second kappa shape index (κ2) is 7.52. The number of carbonyl (C=O) groups is 3. The summed E-state index contributed by atoms with van der Waals surface area (Å²) in [5.74, 6) is -6.78. The van der Waals surface area contributed by atoms with Gasteiger partial charge in [-0.3, -0.25) is 19.3 Å². The molecule has 11 heteroatoms. The average molecular weight is 480 g/mol. The Labute approximate surface area is 199 Å². The maximum absolute atomic E-state index is 13.8. The van der Waals surface area contributed by atoms with Gasteiger partial charge in [0.25, 0.3) is 5.91 Å². The Balaban J connectivity index is 1.75. The van der Waals surface area contributed by atoms with Crippen LogP contribution in [-0.4, -0.2) is 78.3 Å². The van der Waals surface area contributed by atoms with Gasteiger partial charge < -0.3 is 26.2 Å². The van der Waals surface area contributed by atoms with Crippen molar-refractivity contribution >= 4 is 23.2 Å². The van der Waals surface area contributed by atoms with Crippen LogP contribution in [0.15, 0.2) is 47.5 Å². The third-order valence-electron chi connectivity index (χ3n) is 7.33. The van der Waals surface area contributed by atoms with Crippen molar-refractivity contribution in [1.29, 1.82) is 0 Å². The largest absolute Gasteiger partial charge is 0.508 e. The van der Waals surface area contributed by atoms with E-state index in [4.69, 9.17) is 5.73 Å². The van der Waals surface area contributed by atoms with Crippen LogP contribution in [0.1, 0.15) is 17.5 Å². The number of carbonyl (C=O) groups excluding carboxylic acids is 3. The maximum atomic E-state index is 13.8. The molecule has 0 bridgehead atoms. The summed E-state index contributed by atoms with van der Waals surface area (Å²) in [6.45, 7) is 0. The number of Topliss-reactive ketones (excluding diaryl/α,β-unsaturated/α-hetero) is 2. The topological polar surface area (TPSA) is 179 Å². The number of aromatic hydroxyl groups is 1. The number of amides is 1. The molecule has 0 saturated heterocycles. The molecule has 11 nitrogen and oxygen atoms in total. The maximum Gasteiger partial charge on any atom is 0.255 e. The SMILES string of the molecule is CN(C)[C@@H]1C(=O)C(C(N)=O)=C(O)[C@@]2(O)C(=O)C3=C(O)c4c(O)ccc(-n5cccn5)c4C[C@H]3C[C@@H]12. The Bertz CT molecular complexity index is 1360. The lowest BCUT2D eigenvalue weighted by Gasteiger charge is -2.50. The standard InChI is InChI=1S/C24H24N4O7/c1-27(2)18-12-9-10-8-11-13(28-7-3-6-26-28)4-5-14(29)16(11)19(30)15(10)21(32)24(12,35)22(33)17(20(18)31)23(25)34/h3-7,10,12,18,29-30,33,35H,8-9H2,1-2H3,(H2,25,34)/t10-,12-,18-,24-/m0/s1. The van der Waals surface area contributed by atoms with E-state index >= 15 is 0 Å². The zero-order valence-electron chi connectivity index (χ0n) is 19.0. The number of hydrogen-bond acceptors (Lipinski definition) is 9. The highest BCUT2D eigenvalue weighted by Crippen LogP contribution is 2.53. The molecule has 1 saturated carbocycles. The van der Waals surface area contributed by atoms with Gasteiger partial charge in [0.1, 0.15) is 22.8 Å². The van der Waals surface area contributed by atoms with Gasteiger partial charge >= 0.3 is 0 Å². The normalized spacial score (nSPS) is 28.2. The zero-order valence-corrected chi connectivity index (χ0v) is 19.0. The predicted octanol–water partition coefficient (Wildman–Crippen LogP) is 0.150. The van der Waals surface area contributed by atoms with E-state index in [1.807, 2.05) is 0 Å². The van der Waals surface area contributed by atoms with Crippen LogP contribution in [0, 0.1) is 11.8 Å². The molecule has 1 aromatic carbocycles.